The third-order valence-electron chi connectivity index (χ3n) is 5.09. The van der Waals surface area contributed by atoms with E-state index in [4.69, 9.17) is 27.9 Å². The van der Waals surface area contributed by atoms with Gasteiger partial charge in [-0.25, -0.2) is 9.97 Å². The monoisotopic (exact) mass is 466 g/mol. The zero-order valence-corrected chi connectivity index (χ0v) is 18.9. The first-order chi connectivity index (χ1) is 15.5. The fraction of sp³-hybridized carbons (Fsp3) is 0.208. The highest BCUT2D eigenvalue weighted by atomic mass is 35.5. The van der Waals surface area contributed by atoms with Crippen molar-refractivity contribution >= 4 is 34.9 Å². The smallest absolute Gasteiger partial charge is 0.254 e. The number of methoxy groups -OCH3 is 1. The molecule has 1 aromatic carbocycles. The third-order valence-corrected chi connectivity index (χ3v) is 5.58. The van der Waals surface area contributed by atoms with E-state index in [9.17, 15) is 4.79 Å². The molecule has 0 radical (unpaired) electrons. The molecule has 0 aliphatic carbocycles. The molecule has 8 heteroatoms. The normalized spacial score (nSPS) is 13.3. The summed E-state index contributed by atoms with van der Waals surface area (Å²) in [5.74, 6) is 7.32. The second-order valence-corrected chi connectivity index (χ2v) is 7.96. The van der Waals surface area contributed by atoms with E-state index < -0.39 is 0 Å². The average Bonchev–Trinajstić information content (AvgIpc) is 2.83. The number of rotatable bonds is 3. The molecular weight excluding hydrogens is 447 g/mol. The van der Waals surface area contributed by atoms with Crippen molar-refractivity contribution < 1.29 is 9.53 Å². The number of piperazine rings is 1. The van der Waals surface area contributed by atoms with Crippen LogP contribution in [0.25, 0.3) is 0 Å². The van der Waals surface area contributed by atoms with E-state index in [2.05, 4.69) is 26.7 Å². The minimum atomic E-state index is -0.0525. The van der Waals surface area contributed by atoms with Gasteiger partial charge in [0.15, 0.2) is 0 Å². The summed E-state index contributed by atoms with van der Waals surface area (Å²) in [5, 5.41) is 0.998. The standard InChI is InChI=1S/C24H20Cl2N4O2/c1-32-22-8-6-18(14-17(22)5-7-20-4-2-3-9-27-20)24(31)30-12-10-29(11-13-30)23-21(26)15-19(25)16-28-23/h2-4,6,8-9,14-16H,10-13H2,1H3. The number of benzene rings is 1. The third kappa shape index (κ3) is 4.96. The second kappa shape index (κ2) is 9.90. The molecule has 1 fully saturated rings. The molecule has 0 atom stereocenters. The van der Waals surface area contributed by atoms with Gasteiger partial charge in [0.2, 0.25) is 0 Å². The zero-order chi connectivity index (χ0) is 22.5. The van der Waals surface area contributed by atoms with Crippen molar-refractivity contribution in [1.82, 2.24) is 14.9 Å². The van der Waals surface area contributed by atoms with Crippen LogP contribution in [0.3, 0.4) is 0 Å². The van der Waals surface area contributed by atoms with Gasteiger partial charge < -0.3 is 14.5 Å². The van der Waals surface area contributed by atoms with Crippen LogP contribution >= 0.6 is 23.2 Å². The summed E-state index contributed by atoms with van der Waals surface area (Å²) < 4.78 is 5.41. The first-order valence-corrected chi connectivity index (χ1v) is 10.8. The lowest BCUT2D eigenvalue weighted by Crippen LogP contribution is -2.49. The van der Waals surface area contributed by atoms with E-state index in [1.54, 1.807) is 43.8 Å². The number of pyridine rings is 2. The number of carbonyl (C=O) groups is 1. The van der Waals surface area contributed by atoms with Crippen LogP contribution in [0.2, 0.25) is 10.0 Å². The fourth-order valence-corrected chi connectivity index (χ4v) is 3.95. The maximum absolute atomic E-state index is 13.1. The largest absolute Gasteiger partial charge is 0.495 e. The maximum atomic E-state index is 13.1. The first kappa shape index (κ1) is 21.9. The van der Waals surface area contributed by atoms with Gasteiger partial charge in [-0.15, -0.1) is 0 Å². The van der Waals surface area contributed by atoms with Crippen molar-refractivity contribution in [2.75, 3.05) is 38.2 Å². The van der Waals surface area contributed by atoms with E-state index in [0.29, 0.717) is 64.6 Å². The maximum Gasteiger partial charge on any atom is 0.254 e. The number of hydrogen-bond donors (Lipinski definition) is 0. The Bertz CT molecular complexity index is 1180. The Morgan fingerprint density at radius 3 is 2.53 bits per heavy atom. The molecule has 3 heterocycles. The van der Waals surface area contributed by atoms with Crippen LogP contribution in [0.4, 0.5) is 5.82 Å². The highest BCUT2D eigenvalue weighted by Crippen LogP contribution is 2.27. The van der Waals surface area contributed by atoms with Crippen LogP contribution < -0.4 is 9.64 Å². The summed E-state index contributed by atoms with van der Waals surface area (Å²) >= 11 is 12.2. The summed E-state index contributed by atoms with van der Waals surface area (Å²) in [6, 6.07) is 12.5. The minimum Gasteiger partial charge on any atom is -0.495 e. The number of halogens is 2. The number of hydrogen-bond acceptors (Lipinski definition) is 5. The zero-order valence-electron chi connectivity index (χ0n) is 17.4. The van der Waals surface area contributed by atoms with Crippen molar-refractivity contribution in [3.05, 3.63) is 81.7 Å². The molecule has 4 rings (SSSR count). The number of carbonyl (C=O) groups excluding carboxylic acids is 1. The van der Waals surface area contributed by atoms with Crippen molar-refractivity contribution in [3.8, 4) is 17.6 Å². The molecule has 1 aliphatic rings. The predicted molar refractivity (Wildman–Crippen MR) is 126 cm³/mol. The summed E-state index contributed by atoms with van der Waals surface area (Å²) in [4.78, 5) is 25.5. The number of aromatic nitrogens is 2. The SMILES string of the molecule is COc1ccc(C(=O)N2CCN(c3ncc(Cl)cc3Cl)CC2)cc1C#Cc1ccccn1. The van der Waals surface area contributed by atoms with Gasteiger partial charge in [-0.05, 0) is 42.3 Å². The molecule has 3 aromatic rings. The van der Waals surface area contributed by atoms with Crippen LogP contribution in [-0.2, 0) is 0 Å². The molecule has 1 aliphatic heterocycles. The van der Waals surface area contributed by atoms with E-state index in [1.165, 1.54) is 0 Å². The molecule has 1 saturated heterocycles. The topological polar surface area (TPSA) is 58.6 Å². The Morgan fingerprint density at radius 2 is 1.84 bits per heavy atom. The lowest BCUT2D eigenvalue weighted by atomic mass is 10.1. The van der Waals surface area contributed by atoms with Crippen LogP contribution in [0.1, 0.15) is 21.6 Å². The molecule has 6 nitrogen and oxygen atoms in total. The molecule has 0 spiro atoms. The predicted octanol–water partition coefficient (Wildman–Crippen LogP) is 4.15. The molecule has 2 aromatic heterocycles. The summed E-state index contributed by atoms with van der Waals surface area (Å²) in [6.07, 6.45) is 3.26. The summed E-state index contributed by atoms with van der Waals surface area (Å²) in [6.45, 7) is 2.37. The van der Waals surface area contributed by atoms with Crippen molar-refractivity contribution in [2.45, 2.75) is 0 Å². The Kier molecular flexibility index (Phi) is 6.79. The second-order valence-electron chi connectivity index (χ2n) is 7.12. The molecule has 0 saturated carbocycles. The van der Waals surface area contributed by atoms with Gasteiger partial charge in [0.1, 0.15) is 17.3 Å². The Labute approximate surface area is 196 Å². The average molecular weight is 467 g/mol. The van der Waals surface area contributed by atoms with Crippen LogP contribution in [0, 0.1) is 11.8 Å². The number of ether oxygens (including phenoxy) is 1. The van der Waals surface area contributed by atoms with Gasteiger partial charge in [-0.3, -0.25) is 4.79 Å². The van der Waals surface area contributed by atoms with E-state index in [-0.39, 0.29) is 5.91 Å². The first-order valence-electron chi connectivity index (χ1n) is 10.0. The Hall–Kier alpha value is -3.27. The summed E-state index contributed by atoms with van der Waals surface area (Å²) in [7, 11) is 1.58. The van der Waals surface area contributed by atoms with E-state index >= 15 is 0 Å². The molecule has 32 heavy (non-hydrogen) atoms. The summed E-state index contributed by atoms with van der Waals surface area (Å²) in [5.41, 5.74) is 1.85. The number of amides is 1. The minimum absolute atomic E-state index is 0.0525. The van der Waals surface area contributed by atoms with Crippen LogP contribution in [-0.4, -0.2) is 54.1 Å². The van der Waals surface area contributed by atoms with E-state index in [0.717, 1.165) is 0 Å². The highest BCUT2D eigenvalue weighted by molar-refractivity contribution is 6.36. The Morgan fingerprint density at radius 1 is 1.03 bits per heavy atom. The van der Waals surface area contributed by atoms with Gasteiger partial charge >= 0.3 is 0 Å². The van der Waals surface area contributed by atoms with Crippen molar-refractivity contribution in [2.24, 2.45) is 0 Å². The fourth-order valence-electron chi connectivity index (χ4n) is 3.45. The quantitative estimate of drug-likeness (QED) is 0.542. The van der Waals surface area contributed by atoms with Crippen molar-refractivity contribution in [3.63, 3.8) is 0 Å². The van der Waals surface area contributed by atoms with E-state index in [1.807, 2.05) is 23.1 Å². The molecule has 1 amide bonds. The van der Waals surface area contributed by atoms with Gasteiger partial charge in [0.25, 0.3) is 5.91 Å². The molecule has 0 unspecified atom stereocenters. The highest BCUT2D eigenvalue weighted by Gasteiger charge is 2.24. The molecule has 0 bridgehead atoms. The van der Waals surface area contributed by atoms with Gasteiger partial charge in [-0.2, -0.15) is 0 Å². The molecule has 0 N–H and O–H groups in total. The number of anilines is 1. The lowest BCUT2D eigenvalue weighted by molar-refractivity contribution is 0.0746. The Balaban J connectivity index is 1.48. The molecular formula is C24H20Cl2N4O2. The van der Waals surface area contributed by atoms with Gasteiger partial charge in [0.05, 0.1) is 22.7 Å². The molecule has 162 valence electrons. The van der Waals surface area contributed by atoms with Gasteiger partial charge in [0, 0.05) is 44.1 Å². The number of nitrogens with zero attached hydrogens (tertiary/aromatic N) is 4. The van der Waals surface area contributed by atoms with Crippen molar-refractivity contribution in [1.29, 1.82) is 0 Å². The lowest BCUT2D eigenvalue weighted by Gasteiger charge is -2.35. The van der Waals surface area contributed by atoms with Crippen LogP contribution in [0.15, 0.2) is 54.9 Å². The van der Waals surface area contributed by atoms with Gasteiger partial charge in [-0.1, -0.05) is 35.2 Å². The van der Waals surface area contributed by atoms with Crippen LogP contribution in [0.5, 0.6) is 5.75 Å².